The van der Waals surface area contributed by atoms with Crippen LogP contribution in [0.2, 0.25) is 0 Å². The summed E-state index contributed by atoms with van der Waals surface area (Å²) in [4.78, 5) is 13.0. The van der Waals surface area contributed by atoms with E-state index in [-0.39, 0.29) is 11.3 Å². The lowest BCUT2D eigenvalue weighted by molar-refractivity contribution is -0.384. The number of benzene rings is 1. The molecule has 0 bridgehead atoms. The fraction of sp³-hybridized carbons (Fsp3) is 0.385. The summed E-state index contributed by atoms with van der Waals surface area (Å²) >= 11 is 0. The SMILES string of the molecule is [C-]#[N+]c1cc([N+](=O)[O-])cc(/C(C)=N\[S@](=O)C(C)(C)C)c1F. The van der Waals surface area contributed by atoms with Gasteiger partial charge in [-0.05, 0) is 27.7 Å². The van der Waals surface area contributed by atoms with Crippen molar-refractivity contribution in [2.24, 2.45) is 4.40 Å². The summed E-state index contributed by atoms with van der Waals surface area (Å²) in [5.74, 6) is -0.900. The Labute approximate surface area is 124 Å². The lowest BCUT2D eigenvalue weighted by Gasteiger charge is -2.14. The van der Waals surface area contributed by atoms with Crippen molar-refractivity contribution in [1.82, 2.24) is 0 Å². The molecule has 1 aromatic carbocycles. The van der Waals surface area contributed by atoms with Crippen LogP contribution in [0.5, 0.6) is 0 Å². The first kappa shape index (κ1) is 16.9. The normalized spacial score (nSPS) is 13.6. The Balaban J connectivity index is 3.46. The topological polar surface area (TPSA) is 76.9 Å². The van der Waals surface area contributed by atoms with Gasteiger partial charge in [0.05, 0.1) is 22.0 Å². The molecule has 21 heavy (non-hydrogen) atoms. The summed E-state index contributed by atoms with van der Waals surface area (Å²) in [6, 6.07) is 1.85. The van der Waals surface area contributed by atoms with Crippen molar-refractivity contribution in [2.45, 2.75) is 32.4 Å². The number of nitro benzene ring substituents is 1. The maximum atomic E-state index is 14.1. The standard InChI is InChI=1S/C13H14FN3O3S/c1-8(16-21(20)13(2,3)4)10-6-9(17(18)19)7-11(15-5)12(10)14/h6-7H,1-4H3/b16-8-/t21-/m1/s1. The minimum absolute atomic E-state index is 0.0503. The van der Waals surface area contributed by atoms with E-state index in [1.54, 1.807) is 20.8 Å². The molecule has 0 aliphatic heterocycles. The van der Waals surface area contributed by atoms with E-state index in [4.69, 9.17) is 6.57 Å². The molecule has 0 spiro atoms. The molecular formula is C13H14FN3O3S. The monoisotopic (exact) mass is 311 g/mol. The summed E-state index contributed by atoms with van der Waals surface area (Å²) in [6.45, 7) is 13.4. The van der Waals surface area contributed by atoms with Crippen LogP contribution in [0.1, 0.15) is 33.3 Å². The zero-order chi connectivity index (χ0) is 16.4. The third kappa shape index (κ3) is 3.92. The number of nitro groups is 1. The second-order valence-corrected chi connectivity index (χ2v) is 7.14. The third-order valence-corrected chi connectivity index (χ3v) is 3.99. The lowest BCUT2D eigenvalue weighted by Crippen LogP contribution is -2.20. The van der Waals surface area contributed by atoms with E-state index in [1.807, 2.05) is 0 Å². The average Bonchev–Trinajstić information content (AvgIpc) is 2.37. The zero-order valence-electron chi connectivity index (χ0n) is 12.0. The third-order valence-electron chi connectivity index (χ3n) is 2.50. The highest BCUT2D eigenvalue weighted by Gasteiger charge is 2.22. The molecule has 8 heteroatoms. The summed E-state index contributed by atoms with van der Waals surface area (Å²) in [5.41, 5.74) is -1.01. The number of nitrogens with zero attached hydrogens (tertiary/aromatic N) is 3. The van der Waals surface area contributed by atoms with Gasteiger partial charge >= 0.3 is 0 Å². The summed E-state index contributed by atoms with van der Waals surface area (Å²) in [5, 5.41) is 10.8. The van der Waals surface area contributed by atoms with E-state index in [2.05, 4.69) is 9.24 Å². The average molecular weight is 311 g/mol. The molecule has 1 rings (SSSR count). The molecule has 1 aromatic rings. The van der Waals surface area contributed by atoms with Gasteiger partial charge in [0.25, 0.3) is 5.69 Å². The molecule has 0 radical (unpaired) electrons. The van der Waals surface area contributed by atoms with Crippen molar-refractivity contribution >= 4 is 28.1 Å². The van der Waals surface area contributed by atoms with E-state index >= 15 is 0 Å². The lowest BCUT2D eigenvalue weighted by atomic mass is 10.1. The first-order chi connectivity index (χ1) is 9.57. The minimum Gasteiger partial charge on any atom is -0.258 e. The van der Waals surface area contributed by atoms with Crippen molar-refractivity contribution in [1.29, 1.82) is 0 Å². The molecule has 0 aliphatic carbocycles. The maximum Gasteiger partial charge on any atom is 0.260 e. The van der Waals surface area contributed by atoms with Gasteiger partial charge in [-0.15, -0.1) is 0 Å². The van der Waals surface area contributed by atoms with Gasteiger partial charge in [-0.3, -0.25) is 10.1 Å². The van der Waals surface area contributed by atoms with Gasteiger partial charge in [0.1, 0.15) is 16.8 Å². The Bertz CT molecular complexity index is 687. The summed E-state index contributed by atoms with van der Waals surface area (Å²) in [7, 11) is -1.63. The minimum atomic E-state index is -1.63. The first-order valence-electron chi connectivity index (χ1n) is 5.91. The van der Waals surface area contributed by atoms with E-state index in [0.29, 0.717) is 0 Å². The van der Waals surface area contributed by atoms with Crippen LogP contribution in [0, 0.1) is 22.5 Å². The molecule has 0 unspecified atom stereocenters. The highest BCUT2D eigenvalue weighted by molar-refractivity contribution is 7.85. The first-order valence-corrected chi connectivity index (χ1v) is 7.01. The van der Waals surface area contributed by atoms with Gasteiger partial charge in [-0.25, -0.2) is 13.4 Å². The molecule has 0 N–H and O–H groups in total. The predicted octanol–water partition coefficient (Wildman–Crippen LogP) is 3.56. The predicted molar refractivity (Wildman–Crippen MR) is 79.4 cm³/mol. The molecule has 0 aliphatic rings. The van der Waals surface area contributed by atoms with Gasteiger partial charge in [-0.1, -0.05) is 0 Å². The smallest absolute Gasteiger partial charge is 0.258 e. The van der Waals surface area contributed by atoms with Crippen LogP contribution in [0.3, 0.4) is 0 Å². The van der Waals surface area contributed by atoms with E-state index in [1.165, 1.54) is 6.92 Å². The second-order valence-electron chi connectivity index (χ2n) is 5.23. The van der Waals surface area contributed by atoms with Crippen molar-refractivity contribution < 1.29 is 13.5 Å². The van der Waals surface area contributed by atoms with Crippen LogP contribution in [0.15, 0.2) is 16.5 Å². The number of rotatable bonds is 3. The highest BCUT2D eigenvalue weighted by atomic mass is 32.2. The molecule has 0 amide bonds. The highest BCUT2D eigenvalue weighted by Crippen LogP contribution is 2.28. The van der Waals surface area contributed by atoms with Crippen LogP contribution in [0.4, 0.5) is 15.8 Å². The number of non-ortho nitro benzene ring substituents is 1. The van der Waals surface area contributed by atoms with Crippen molar-refractivity contribution in [3.05, 3.63) is 45.0 Å². The molecule has 0 aromatic heterocycles. The second kappa shape index (κ2) is 6.10. The number of hydrogen-bond acceptors (Lipinski definition) is 3. The Morgan fingerprint density at radius 2 is 2.05 bits per heavy atom. The van der Waals surface area contributed by atoms with Crippen LogP contribution in [0.25, 0.3) is 4.85 Å². The molecule has 6 nitrogen and oxygen atoms in total. The zero-order valence-corrected chi connectivity index (χ0v) is 12.8. The Morgan fingerprint density at radius 1 is 1.48 bits per heavy atom. The maximum absolute atomic E-state index is 14.1. The molecule has 0 heterocycles. The van der Waals surface area contributed by atoms with Crippen molar-refractivity contribution in [2.75, 3.05) is 0 Å². The van der Waals surface area contributed by atoms with Gasteiger partial charge in [-0.2, -0.15) is 4.40 Å². The molecule has 0 saturated heterocycles. The van der Waals surface area contributed by atoms with Crippen LogP contribution >= 0.6 is 0 Å². The Morgan fingerprint density at radius 3 is 2.48 bits per heavy atom. The van der Waals surface area contributed by atoms with Crippen LogP contribution in [-0.2, 0) is 11.0 Å². The summed E-state index contributed by atoms with van der Waals surface area (Å²) in [6.07, 6.45) is 0. The Hall–Kier alpha value is -2.14. The van der Waals surface area contributed by atoms with E-state index in [9.17, 15) is 18.7 Å². The molecule has 112 valence electrons. The largest absolute Gasteiger partial charge is 0.260 e. The fourth-order valence-electron chi connectivity index (χ4n) is 1.35. The molecular weight excluding hydrogens is 297 g/mol. The van der Waals surface area contributed by atoms with Crippen LogP contribution in [-0.4, -0.2) is 19.6 Å². The Kier molecular flexibility index (Phi) is 4.91. The fourth-order valence-corrected chi connectivity index (χ4v) is 1.98. The van der Waals surface area contributed by atoms with Gasteiger partial charge in [0.15, 0.2) is 0 Å². The van der Waals surface area contributed by atoms with E-state index < -0.39 is 37.8 Å². The quantitative estimate of drug-likeness (QED) is 0.370. The summed E-state index contributed by atoms with van der Waals surface area (Å²) < 4.78 is 29.3. The van der Waals surface area contributed by atoms with Gasteiger partial charge < -0.3 is 0 Å². The number of halogens is 1. The molecule has 1 atom stereocenters. The number of hydrogen-bond donors (Lipinski definition) is 0. The van der Waals surface area contributed by atoms with Gasteiger partial charge in [0, 0.05) is 17.7 Å². The molecule has 0 fully saturated rings. The van der Waals surface area contributed by atoms with Gasteiger partial charge in [0.2, 0.25) is 5.69 Å². The van der Waals surface area contributed by atoms with Crippen molar-refractivity contribution in [3.8, 4) is 0 Å². The van der Waals surface area contributed by atoms with Crippen LogP contribution < -0.4 is 0 Å². The van der Waals surface area contributed by atoms with E-state index in [0.717, 1.165) is 12.1 Å². The molecule has 0 saturated carbocycles. The van der Waals surface area contributed by atoms with Crippen molar-refractivity contribution in [3.63, 3.8) is 0 Å².